The molecule has 2 fully saturated rings. The maximum atomic E-state index is 10.3. The highest BCUT2D eigenvalue weighted by molar-refractivity contribution is 5.54. The minimum absolute atomic E-state index is 0.225. The normalized spacial score (nSPS) is 38.1. The van der Waals surface area contributed by atoms with Crippen molar-refractivity contribution in [2.24, 2.45) is 0 Å². The van der Waals surface area contributed by atoms with Crippen LogP contribution in [0.3, 0.4) is 0 Å². The molecule has 0 bridgehead atoms. The summed E-state index contributed by atoms with van der Waals surface area (Å²) in [6.07, 6.45) is -8.48. The average Bonchev–Trinajstić information content (AvgIpc) is 3.07. The van der Waals surface area contributed by atoms with Crippen LogP contribution in [0, 0.1) is 0 Å². The second kappa shape index (κ2) is 9.77. The number of benzene rings is 1. The average molecular weight is 444 g/mol. The Bertz CT molecular complexity index is 759. The molecule has 0 aliphatic carbocycles. The van der Waals surface area contributed by atoms with E-state index in [-0.39, 0.29) is 19.0 Å². The zero-order chi connectivity index (χ0) is 22.8. The van der Waals surface area contributed by atoms with Crippen LogP contribution in [-0.4, -0.2) is 106 Å². The second-order valence-corrected chi connectivity index (χ2v) is 7.47. The molecule has 0 saturated carbocycles. The first-order valence-electron chi connectivity index (χ1n) is 9.65. The Morgan fingerprint density at radius 3 is 2.48 bits per heavy atom. The summed E-state index contributed by atoms with van der Waals surface area (Å²) < 4.78 is 27.0. The number of ether oxygens (including phenoxy) is 5. The number of methoxy groups -OCH3 is 1. The van der Waals surface area contributed by atoms with E-state index < -0.39 is 55.3 Å². The summed E-state index contributed by atoms with van der Waals surface area (Å²) in [5, 5.41) is 60.0. The van der Waals surface area contributed by atoms with Crippen LogP contribution in [-0.2, 0) is 14.2 Å². The van der Waals surface area contributed by atoms with E-state index in [9.17, 15) is 30.6 Å². The van der Waals surface area contributed by atoms with E-state index in [0.29, 0.717) is 5.75 Å². The zero-order valence-electron chi connectivity index (χ0n) is 16.9. The molecule has 3 rings (SSSR count). The van der Waals surface area contributed by atoms with Gasteiger partial charge in [-0.1, -0.05) is 18.7 Å². The Kier molecular flexibility index (Phi) is 7.52. The molecule has 2 heterocycles. The summed E-state index contributed by atoms with van der Waals surface area (Å²) in [4.78, 5) is 0. The molecule has 8 atom stereocenters. The van der Waals surface area contributed by atoms with E-state index in [0.717, 1.165) is 5.56 Å². The molecule has 0 unspecified atom stereocenters. The molecule has 31 heavy (non-hydrogen) atoms. The van der Waals surface area contributed by atoms with E-state index in [1.54, 1.807) is 24.3 Å². The molecule has 0 radical (unpaired) electrons. The first-order chi connectivity index (χ1) is 14.7. The third-order valence-electron chi connectivity index (χ3n) is 5.34. The predicted octanol–water partition coefficient (Wildman–Crippen LogP) is -2.02. The lowest BCUT2D eigenvalue weighted by molar-refractivity contribution is -0.289. The van der Waals surface area contributed by atoms with Gasteiger partial charge < -0.3 is 54.3 Å². The fourth-order valence-electron chi connectivity index (χ4n) is 3.31. The molecule has 2 saturated heterocycles. The second-order valence-electron chi connectivity index (χ2n) is 7.47. The van der Waals surface area contributed by atoms with Gasteiger partial charge in [-0.05, 0) is 17.7 Å². The molecule has 1 aromatic rings. The van der Waals surface area contributed by atoms with Crippen molar-refractivity contribution in [2.45, 2.75) is 48.7 Å². The summed E-state index contributed by atoms with van der Waals surface area (Å²) in [7, 11) is 1.43. The Hall–Kier alpha value is -1.80. The van der Waals surface area contributed by atoms with Crippen LogP contribution >= 0.6 is 0 Å². The van der Waals surface area contributed by atoms with Crippen LogP contribution in [0.2, 0.25) is 0 Å². The van der Waals surface area contributed by atoms with Gasteiger partial charge in [0.2, 0.25) is 6.29 Å². The zero-order valence-corrected chi connectivity index (χ0v) is 16.9. The fourth-order valence-corrected chi connectivity index (χ4v) is 3.31. The fraction of sp³-hybridized carbons (Fsp3) is 0.600. The third-order valence-corrected chi connectivity index (χ3v) is 5.34. The maximum absolute atomic E-state index is 10.3. The van der Waals surface area contributed by atoms with Crippen molar-refractivity contribution in [3.8, 4) is 11.5 Å². The quantitative estimate of drug-likeness (QED) is 0.262. The van der Waals surface area contributed by atoms with Crippen LogP contribution in [0.4, 0.5) is 0 Å². The first kappa shape index (κ1) is 23.9. The maximum Gasteiger partial charge on any atom is 0.229 e. The molecule has 11 heteroatoms. The van der Waals surface area contributed by atoms with Crippen molar-refractivity contribution in [3.05, 3.63) is 30.3 Å². The van der Waals surface area contributed by atoms with E-state index in [4.69, 9.17) is 23.7 Å². The smallest absolute Gasteiger partial charge is 0.229 e. The molecule has 11 nitrogen and oxygen atoms in total. The molecule has 0 aromatic heterocycles. The highest BCUT2D eigenvalue weighted by atomic mass is 16.7. The van der Waals surface area contributed by atoms with Crippen molar-refractivity contribution in [1.29, 1.82) is 0 Å². The minimum atomic E-state index is -1.87. The Labute approximate surface area is 178 Å². The van der Waals surface area contributed by atoms with Gasteiger partial charge in [0.15, 0.2) is 17.8 Å². The van der Waals surface area contributed by atoms with Crippen molar-refractivity contribution >= 4 is 6.08 Å². The van der Waals surface area contributed by atoms with Gasteiger partial charge in [-0.3, -0.25) is 0 Å². The first-order valence-corrected chi connectivity index (χ1v) is 9.65. The summed E-state index contributed by atoms with van der Waals surface area (Å²) in [6, 6.07) is 4.94. The number of rotatable bonds is 8. The molecule has 2 aliphatic rings. The summed E-state index contributed by atoms with van der Waals surface area (Å²) in [6.45, 7) is 2.21. The largest absolute Gasteiger partial charge is 0.493 e. The monoisotopic (exact) mass is 444 g/mol. The number of aliphatic hydroxyl groups excluding tert-OH is 5. The topological polar surface area (TPSA) is 168 Å². The highest BCUT2D eigenvalue weighted by Crippen LogP contribution is 2.33. The van der Waals surface area contributed by atoms with Gasteiger partial charge in [-0.2, -0.15) is 0 Å². The van der Waals surface area contributed by atoms with Gasteiger partial charge in [0.25, 0.3) is 0 Å². The molecule has 6 N–H and O–H groups in total. The van der Waals surface area contributed by atoms with Crippen molar-refractivity contribution in [1.82, 2.24) is 0 Å². The minimum Gasteiger partial charge on any atom is -0.493 e. The highest BCUT2D eigenvalue weighted by Gasteiger charge is 2.50. The van der Waals surface area contributed by atoms with Crippen LogP contribution in [0.5, 0.6) is 11.5 Å². The molecular formula is C20H28O11. The third kappa shape index (κ3) is 4.85. The van der Waals surface area contributed by atoms with Gasteiger partial charge in [-0.15, -0.1) is 0 Å². The van der Waals surface area contributed by atoms with Crippen molar-refractivity contribution < 1.29 is 54.3 Å². The summed E-state index contributed by atoms with van der Waals surface area (Å²) >= 11 is 0. The van der Waals surface area contributed by atoms with Crippen LogP contribution in [0.1, 0.15) is 5.56 Å². The van der Waals surface area contributed by atoms with Gasteiger partial charge in [-0.25, -0.2) is 0 Å². The summed E-state index contributed by atoms with van der Waals surface area (Å²) in [5.41, 5.74) is -1.10. The van der Waals surface area contributed by atoms with Gasteiger partial charge in [0.05, 0.1) is 26.9 Å². The van der Waals surface area contributed by atoms with Crippen LogP contribution < -0.4 is 9.47 Å². The number of hydrogen-bond acceptors (Lipinski definition) is 11. The standard InChI is InChI=1S/C20H28O11/c1-3-10-4-5-11(12(6-10)27-2)30-18-16(24)15(23)14(22)13(31-18)7-28-19-17(25)20(26,8-21)9-29-19/h3-6,13-19,21-26H,1,7-9H2,2H3/t13-,14-,15+,16-,17+,18-,19-,20-/m1/s1. The van der Waals surface area contributed by atoms with Crippen molar-refractivity contribution in [3.63, 3.8) is 0 Å². The molecular weight excluding hydrogens is 416 g/mol. The SMILES string of the molecule is C=Cc1ccc(O[C@@H]2O[C@H](CO[C@@H]3OC[C@](O)(CO)[C@H]3O)[C@@H](O)[C@H](O)[C@H]2O)c(OC)c1. The number of hydrogen-bond donors (Lipinski definition) is 6. The summed E-state index contributed by atoms with van der Waals surface area (Å²) in [5.74, 6) is 0.565. The molecule has 0 spiro atoms. The lowest BCUT2D eigenvalue weighted by Gasteiger charge is -2.40. The van der Waals surface area contributed by atoms with Crippen LogP contribution in [0.15, 0.2) is 24.8 Å². The number of aliphatic hydroxyl groups is 6. The van der Waals surface area contributed by atoms with E-state index in [1.165, 1.54) is 7.11 Å². The van der Waals surface area contributed by atoms with Gasteiger partial charge in [0.1, 0.15) is 36.1 Å². The molecule has 174 valence electrons. The molecule has 1 aromatic carbocycles. The lowest BCUT2D eigenvalue weighted by atomic mass is 9.99. The van der Waals surface area contributed by atoms with Gasteiger partial charge in [0, 0.05) is 0 Å². The Balaban J connectivity index is 1.68. The Morgan fingerprint density at radius 2 is 1.87 bits per heavy atom. The van der Waals surface area contributed by atoms with Crippen LogP contribution in [0.25, 0.3) is 6.08 Å². The van der Waals surface area contributed by atoms with Gasteiger partial charge >= 0.3 is 0 Å². The van der Waals surface area contributed by atoms with E-state index in [1.807, 2.05) is 0 Å². The lowest BCUT2D eigenvalue weighted by Crippen LogP contribution is -2.60. The predicted molar refractivity (Wildman–Crippen MR) is 104 cm³/mol. The van der Waals surface area contributed by atoms with E-state index in [2.05, 4.69) is 6.58 Å². The molecule has 0 amide bonds. The molecule has 2 aliphatic heterocycles. The van der Waals surface area contributed by atoms with Crippen molar-refractivity contribution in [2.75, 3.05) is 26.9 Å². The Morgan fingerprint density at radius 1 is 1.13 bits per heavy atom. The van der Waals surface area contributed by atoms with E-state index >= 15 is 0 Å².